The molecule has 0 aromatic carbocycles. The van der Waals surface area contributed by atoms with E-state index >= 15 is 0 Å². The lowest BCUT2D eigenvalue weighted by Crippen LogP contribution is -2.29. The van der Waals surface area contributed by atoms with Gasteiger partial charge >= 0.3 is 0 Å². The number of halogens is 1. The quantitative estimate of drug-likeness (QED) is 0.757. The molecule has 6 heteroatoms. The van der Waals surface area contributed by atoms with E-state index in [4.69, 9.17) is 21.1 Å². The van der Waals surface area contributed by atoms with Gasteiger partial charge in [-0.15, -0.1) is 0 Å². The first kappa shape index (κ1) is 14.0. The molecule has 0 bridgehead atoms. The van der Waals surface area contributed by atoms with Gasteiger partial charge in [0, 0.05) is 13.7 Å². The van der Waals surface area contributed by atoms with Gasteiger partial charge in [-0.2, -0.15) is 0 Å². The second-order valence-corrected chi connectivity index (χ2v) is 4.64. The van der Waals surface area contributed by atoms with E-state index in [1.807, 2.05) is 13.8 Å². The van der Waals surface area contributed by atoms with Crippen molar-refractivity contribution in [2.24, 2.45) is 0 Å². The van der Waals surface area contributed by atoms with E-state index in [0.29, 0.717) is 13.0 Å². The Bertz CT molecular complexity index is 443. The molecule has 0 aliphatic heterocycles. The van der Waals surface area contributed by atoms with Crippen LogP contribution in [-0.4, -0.2) is 29.4 Å². The van der Waals surface area contributed by atoms with E-state index in [2.05, 4.69) is 4.98 Å². The monoisotopic (exact) mass is 260 g/mol. The number of hydrogen-bond donors (Lipinski definition) is 0. The van der Waals surface area contributed by atoms with Crippen LogP contribution in [0.5, 0.6) is 5.75 Å². The molecule has 0 radical (unpaired) electrons. The zero-order chi connectivity index (χ0) is 13.1. The van der Waals surface area contributed by atoms with Crippen LogP contribution >= 0.6 is 11.6 Å². The predicted octanol–water partition coefficient (Wildman–Crippen LogP) is 1.72. The zero-order valence-electron chi connectivity index (χ0n) is 10.5. The van der Waals surface area contributed by atoms with Crippen LogP contribution in [0.2, 0.25) is 5.15 Å². The fourth-order valence-corrected chi connectivity index (χ4v) is 1.47. The Kier molecular flexibility index (Phi) is 4.54. The first-order valence-electron chi connectivity index (χ1n) is 5.25. The average molecular weight is 261 g/mol. The Morgan fingerprint density at radius 3 is 2.65 bits per heavy atom. The summed E-state index contributed by atoms with van der Waals surface area (Å²) in [5.74, 6) is 0.0735. The molecule has 1 heterocycles. The van der Waals surface area contributed by atoms with Crippen LogP contribution in [0, 0.1) is 0 Å². The molecule has 17 heavy (non-hydrogen) atoms. The van der Waals surface area contributed by atoms with Crippen LogP contribution in [0.4, 0.5) is 0 Å². The van der Waals surface area contributed by atoms with Crippen LogP contribution in [-0.2, 0) is 11.3 Å². The summed E-state index contributed by atoms with van der Waals surface area (Å²) in [6.45, 7) is 4.41. The van der Waals surface area contributed by atoms with Gasteiger partial charge in [-0.1, -0.05) is 11.6 Å². The first-order valence-corrected chi connectivity index (χ1v) is 5.63. The maximum Gasteiger partial charge on any atom is 0.297 e. The van der Waals surface area contributed by atoms with Gasteiger partial charge in [-0.25, -0.2) is 4.98 Å². The third-order valence-electron chi connectivity index (χ3n) is 2.66. The lowest BCUT2D eigenvalue weighted by Gasteiger charge is -2.23. The number of ether oxygens (including phenoxy) is 2. The molecule has 0 fully saturated rings. The molecule has 0 saturated heterocycles. The molecule has 1 rings (SSSR count). The Morgan fingerprint density at radius 2 is 2.12 bits per heavy atom. The second kappa shape index (κ2) is 5.51. The van der Waals surface area contributed by atoms with Crippen molar-refractivity contribution in [3.8, 4) is 5.75 Å². The van der Waals surface area contributed by atoms with E-state index in [-0.39, 0.29) is 22.1 Å². The summed E-state index contributed by atoms with van der Waals surface area (Å²) in [7, 11) is 3.04. The van der Waals surface area contributed by atoms with Crippen LogP contribution < -0.4 is 10.3 Å². The minimum absolute atomic E-state index is 0.0735. The first-order chi connectivity index (χ1) is 7.91. The van der Waals surface area contributed by atoms with E-state index in [1.54, 1.807) is 7.11 Å². The van der Waals surface area contributed by atoms with Crippen LogP contribution in [0.15, 0.2) is 11.1 Å². The summed E-state index contributed by atoms with van der Waals surface area (Å²) >= 11 is 5.74. The molecule has 0 spiro atoms. The van der Waals surface area contributed by atoms with Crippen molar-refractivity contribution < 1.29 is 9.47 Å². The number of aromatic nitrogens is 2. The number of hydrogen-bond acceptors (Lipinski definition) is 4. The van der Waals surface area contributed by atoms with Crippen molar-refractivity contribution in [2.75, 3.05) is 14.2 Å². The SMILES string of the molecule is COc1c(Cl)ncn(CCC(C)(C)OC)c1=O. The Balaban J connectivity index is 2.90. The highest BCUT2D eigenvalue weighted by atomic mass is 35.5. The van der Waals surface area contributed by atoms with Gasteiger partial charge in [0.05, 0.1) is 19.0 Å². The number of rotatable bonds is 5. The number of methoxy groups -OCH3 is 2. The highest BCUT2D eigenvalue weighted by Gasteiger charge is 2.17. The molecule has 96 valence electrons. The fraction of sp³-hybridized carbons (Fsp3) is 0.636. The predicted molar refractivity (Wildman–Crippen MR) is 65.8 cm³/mol. The molecule has 0 atom stereocenters. The fourth-order valence-electron chi connectivity index (χ4n) is 1.27. The van der Waals surface area contributed by atoms with Gasteiger partial charge in [0.1, 0.15) is 0 Å². The van der Waals surface area contributed by atoms with Gasteiger partial charge in [-0.05, 0) is 20.3 Å². The number of aryl methyl sites for hydroxylation is 1. The minimum atomic E-state index is -0.285. The van der Waals surface area contributed by atoms with Crippen molar-refractivity contribution in [3.05, 3.63) is 21.8 Å². The molecule has 5 nitrogen and oxygen atoms in total. The van der Waals surface area contributed by atoms with Gasteiger partial charge in [0.2, 0.25) is 5.75 Å². The minimum Gasteiger partial charge on any atom is -0.489 e. The lowest BCUT2D eigenvalue weighted by molar-refractivity contribution is 0.0117. The molecular weight excluding hydrogens is 244 g/mol. The summed E-state index contributed by atoms with van der Waals surface area (Å²) in [4.78, 5) is 15.8. The normalized spacial score (nSPS) is 11.6. The third-order valence-corrected chi connectivity index (χ3v) is 2.93. The van der Waals surface area contributed by atoms with Crippen molar-refractivity contribution in [2.45, 2.75) is 32.4 Å². The molecule has 1 aromatic rings. The molecule has 0 aliphatic carbocycles. The highest BCUT2D eigenvalue weighted by Crippen LogP contribution is 2.17. The molecule has 0 aliphatic rings. The van der Waals surface area contributed by atoms with E-state index in [1.165, 1.54) is 18.0 Å². The van der Waals surface area contributed by atoms with Crippen LogP contribution in [0.3, 0.4) is 0 Å². The summed E-state index contributed by atoms with van der Waals surface area (Å²) in [5, 5.41) is 0.0831. The molecule has 0 N–H and O–H groups in total. The molecule has 0 amide bonds. The average Bonchev–Trinajstić information content (AvgIpc) is 2.29. The maximum atomic E-state index is 11.9. The van der Waals surface area contributed by atoms with E-state index in [9.17, 15) is 4.79 Å². The van der Waals surface area contributed by atoms with Crippen LogP contribution in [0.1, 0.15) is 20.3 Å². The molecule has 0 unspecified atom stereocenters. The standard InChI is InChI=1S/C11H17ClN2O3/c1-11(2,17-4)5-6-14-7-13-9(12)8(16-3)10(14)15/h7H,5-6H2,1-4H3. The van der Waals surface area contributed by atoms with E-state index in [0.717, 1.165) is 0 Å². The number of nitrogens with zero attached hydrogens (tertiary/aromatic N) is 2. The van der Waals surface area contributed by atoms with Crippen molar-refractivity contribution in [1.82, 2.24) is 9.55 Å². The molecular formula is C11H17ClN2O3. The van der Waals surface area contributed by atoms with E-state index < -0.39 is 0 Å². The highest BCUT2D eigenvalue weighted by molar-refractivity contribution is 6.30. The smallest absolute Gasteiger partial charge is 0.297 e. The van der Waals surface area contributed by atoms with Gasteiger partial charge < -0.3 is 9.47 Å². The Morgan fingerprint density at radius 1 is 1.47 bits per heavy atom. The van der Waals surface area contributed by atoms with Crippen molar-refractivity contribution in [1.29, 1.82) is 0 Å². The maximum absolute atomic E-state index is 11.9. The topological polar surface area (TPSA) is 53.4 Å². The van der Waals surface area contributed by atoms with Gasteiger partial charge in [-0.3, -0.25) is 9.36 Å². The summed E-state index contributed by atoms with van der Waals surface area (Å²) in [6.07, 6.45) is 2.11. The van der Waals surface area contributed by atoms with Crippen molar-refractivity contribution >= 4 is 11.6 Å². The second-order valence-electron chi connectivity index (χ2n) is 4.28. The lowest BCUT2D eigenvalue weighted by atomic mass is 10.1. The largest absolute Gasteiger partial charge is 0.489 e. The molecule has 1 aromatic heterocycles. The van der Waals surface area contributed by atoms with Crippen LogP contribution in [0.25, 0.3) is 0 Å². The summed E-state index contributed by atoms with van der Waals surface area (Å²) in [6, 6.07) is 0. The third kappa shape index (κ3) is 3.44. The van der Waals surface area contributed by atoms with Gasteiger partial charge in [0.15, 0.2) is 5.15 Å². The molecule has 0 saturated carbocycles. The zero-order valence-corrected chi connectivity index (χ0v) is 11.2. The van der Waals surface area contributed by atoms with Crippen molar-refractivity contribution in [3.63, 3.8) is 0 Å². The van der Waals surface area contributed by atoms with Gasteiger partial charge in [0.25, 0.3) is 5.56 Å². The Labute approximate surface area is 105 Å². The Hall–Kier alpha value is -1.07. The summed E-state index contributed by atoms with van der Waals surface area (Å²) in [5.41, 5.74) is -0.564. The summed E-state index contributed by atoms with van der Waals surface area (Å²) < 4.78 is 11.7.